The molecule has 0 spiro atoms. The van der Waals surface area contributed by atoms with Crippen LogP contribution in [0.4, 0.5) is 0 Å². The Balaban J connectivity index is 2.60. The van der Waals surface area contributed by atoms with Crippen LogP contribution in [-0.4, -0.2) is 14.9 Å². The SMILES string of the molecule is CCc1ccc(-c2cc(C(C)(C)O)c(=O)n(CC)n2)cc1. The minimum atomic E-state index is -1.19. The van der Waals surface area contributed by atoms with Crippen LogP contribution in [0.15, 0.2) is 35.1 Å². The highest BCUT2D eigenvalue weighted by atomic mass is 16.3. The lowest BCUT2D eigenvalue weighted by molar-refractivity contribution is 0.0762. The zero-order valence-corrected chi connectivity index (χ0v) is 13.1. The van der Waals surface area contributed by atoms with E-state index in [2.05, 4.69) is 24.2 Å². The van der Waals surface area contributed by atoms with Crippen molar-refractivity contribution in [3.63, 3.8) is 0 Å². The van der Waals surface area contributed by atoms with E-state index < -0.39 is 5.60 Å². The standard InChI is InChI=1S/C17H22N2O2/c1-5-12-7-9-13(10-8-12)15-11-14(17(3,4)21)16(20)19(6-2)18-15/h7-11,21H,5-6H2,1-4H3. The highest BCUT2D eigenvalue weighted by Gasteiger charge is 2.22. The molecule has 21 heavy (non-hydrogen) atoms. The third kappa shape index (κ3) is 3.22. The van der Waals surface area contributed by atoms with Crippen LogP contribution in [0.1, 0.15) is 38.8 Å². The second-order valence-electron chi connectivity index (χ2n) is 5.67. The molecule has 0 fully saturated rings. The number of nitrogens with zero attached hydrogens (tertiary/aromatic N) is 2. The number of rotatable bonds is 4. The van der Waals surface area contributed by atoms with Crippen LogP contribution in [0.3, 0.4) is 0 Å². The summed E-state index contributed by atoms with van der Waals surface area (Å²) in [5.74, 6) is 0. The molecule has 1 aromatic carbocycles. The molecule has 0 amide bonds. The number of aliphatic hydroxyl groups is 1. The van der Waals surface area contributed by atoms with E-state index >= 15 is 0 Å². The number of aromatic nitrogens is 2. The average molecular weight is 286 g/mol. The summed E-state index contributed by atoms with van der Waals surface area (Å²) in [6, 6.07) is 9.80. The fourth-order valence-electron chi connectivity index (χ4n) is 2.25. The molecule has 0 aliphatic rings. The van der Waals surface area contributed by atoms with Gasteiger partial charge in [-0.05, 0) is 38.8 Å². The maximum Gasteiger partial charge on any atom is 0.272 e. The van der Waals surface area contributed by atoms with Gasteiger partial charge in [0.05, 0.1) is 16.9 Å². The number of hydrogen-bond donors (Lipinski definition) is 1. The summed E-state index contributed by atoms with van der Waals surface area (Å²) in [5.41, 5.74) is 1.85. The van der Waals surface area contributed by atoms with Crippen molar-refractivity contribution in [2.75, 3.05) is 0 Å². The summed E-state index contributed by atoms with van der Waals surface area (Å²) < 4.78 is 1.40. The highest BCUT2D eigenvalue weighted by molar-refractivity contribution is 5.59. The van der Waals surface area contributed by atoms with Gasteiger partial charge >= 0.3 is 0 Å². The maximum absolute atomic E-state index is 12.3. The van der Waals surface area contributed by atoms with E-state index in [1.165, 1.54) is 10.2 Å². The number of benzene rings is 1. The Bertz CT molecular complexity index is 679. The van der Waals surface area contributed by atoms with Crippen LogP contribution in [0.25, 0.3) is 11.3 Å². The Kier molecular flexibility index (Phi) is 4.28. The molecule has 2 rings (SSSR count). The Morgan fingerprint density at radius 3 is 2.29 bits per heavy atom. The summed E-state index contributed by atoms with van der Waals surface area (Å²) in [6.45, 7) is 7.69. The third-order valence-corrected chi connectivity index (χ3v) is 3.59. The van der Waals surface area contributed by atoms with Crippen molar-refractivity contribution in [2.45, 2.75) is 46.3 Å². The van der Waals surface area contributed by atoms with Gasteiger partial charge in [0.15, 0.2) is 0 Å². The van der Waals surface area contributed by atoms with Crippen LogP contribution in [0.5, 0.6) is 0 Å². The molecule has 4 heteroatoms. The van der Waals surface area contributed by atoms with Gasteiger partial charge in [0.25, 0.3) is 5.56 Å². The van der Waals surface area contributed by atoms with Crippen LogP contribution in [0, 0.1) is 0 Å². The van der Waals surface area contributed by atoms with Crippen molar-refractivity contribution in [1.82, 2.24) is 9.78 Å². The Morgan fingerprint density at radius 2 is 1.81 bits per heavy atom. The Morgan fingerprint density at radius 1 is 1.19 bits per heavy atom. The molecule has 1 N–H and O–H groups in total. The molecule has 4 nitrogen and oxygen atoms in total. The van der Waals surface area contributed by atoms with Gasteiger partial charge in [-0.15, -0.1) is 0 Å². The monoisotopic (exact) mass is 286 g/mol. The van der Waals surface area contributed by atoms with Crippen molar-refractivity contribution in [1.29, 1.82) is 0 Å². The van der Waals surface area contributed by atoms with Crippen molar-refractivity contribution < 1.29 is 5.11 Å². The predicted molar refractivity (Wildman–Crippen MR) is 84.2 cm³/mol. The zero-order chi connectivity index (χ0) is 15.6. The lowest BCUT2D eigenvalue weighted by Gasteiger charge is -2.19. The van der Waals surface area contributed by atoms with Gasteiger partial charge in [-0.2, -0.15) is 5.10 Å². The van der Waals surface area contributed by atoms with Crippen LogP contribution >= 0.6 is 0 Å². The minimum Gasteiger partial charge on any atom is -0.386 e. The third-order valence-electron chi connectivity index (χ3n) is 3.59. The molecule has 0 radical (unpaired) electrons. The molecular weight excluding hydrogens is 264 g/mol. The minimum absolute atomic E-state index is 0.237. The van der Waals surface area contributed by atoms with E-state index in [0.717, 1.165) is 12.0 Å². The first-order valence-electron chi connectivity index (χ1n) is 7.31. The number of hydrogen-bond acceptors (Lipinski definition) is 3. The van der Waals surface area contributed by atoms with E-state index in [0.29, 0.717) is 17.8 Å². The lowest BCUT2D eigenvalue weighted by atomic mass is 9.98. The van der Waals surface area contributed by atoms with Gasteiger partial charge in [-0.3, -0.25) is 4.79 Å². The van der Waals surface area contributed by atoms with Crippen LogP contribution < -0.4 is 5.56 Å². The first-order chi connectivity index (χ1) is 9.86. The van der Waals surface area contributed by atoms with Gasteiger partial charge < -0.3 is 5.11 Å². The topological polar surface area (TPSA) is 55.1 Å². The van der Waals surface area contributed by atoms with Crippen LogP contribution in [-0.2, 0) is 18.6 Å². The second-order valence-corrected chi connectivity index (χ2v) is 5.67. The van der Waals surface area contributed by atoms with E-state index in [1.54, 1.807) is 19.9 Å². The summed E-state index contributed by atoms with van der Waals surface area (Å²) in [7, 11) is 0. The Labute approximate surface area is 125 Å². The largest absolute Gasteiger partial charge is 0.386 e. The average Bonchev–Trinajstić information content (AvgIpc) is 2.46. The van der Waals surface area contributed by atoms with E-state index in [4.69, 9.17) is 0 Å². The van der Waals surface area contributed by atoms with Gasteiger partial charge in [-0.1, -0.05) is 31.2 Å². The molecule has 0 aliphatic heterocycles. The second kappa shape index (κ2) is 5.82. The summed E-state index contributed by atoms with van der Waals surface area (Å²) >= 11 is 0. The molecule has 0 unspecified atom stereocenters. The number of aryl methyl sites for hydroxylation is 2. The van der Waals surface area contributed by atoms with Gasteiger partial charge in [0.2, 0.25) is 0 Å². The molecule has 0 bridgehead atoms. The van der Waals surface area contributed by atoms with E-state index in [-0.39, 0.29) is 5.56 Å². The van der Waals surface area contributed by atoms with E-state index in [9.17, 15) is 9.90 Å². The summed E-state index contributed by atoms with van der Waals surface area (Å²) in [5, 5.41) is 14.6. The molecule has 1 heterocycles. The highest BCUT2D eigenvalue weighted by Crippen LogP contribution is 2.22. The quantitative estimate of drug-likeness (QED) is 0.940. The molecule has 0 saturated heterocycles. The summed E-state index contributed by atoms with van der Waals surface area (Å²) in [4.78, 5) is 12.3. The molecule has 0 aliphatic carbocycles. The smallest absolute Gasteiger partial charge is 0.272 e. The van der Waals surface area contributed by atoms with Crippen molar-refractivity contribution in [3.8, 4) is 11.3 Å². The zero-order valence-electron chi connectivity index (χ0n) is 13.1. The summed E-state index contributed by atoms with van der Waals surface area (Å²) in [6.07, 6.45) is 0.983. The van der Waals surface area contributed by atoms with Crippen LogP contribution in [0.2, 0.25) is 0 Å². The van der Waals surface area contributed by atoms with Gasteiger partial charge in [-0.25, -0.2) is 4.68 Å². The molecule has 2 aromatic rings. The fraction of sp³-hybridized carbons (Fsp3) is 0.412. The maximum atomic E-state index is 12.3. The molecule has 0 atom stereocenters. The first-order valence-corrected chi connectivity index (χ1v) is 7.31. The molecule has 1 aromatic heterocycles. The molecular formula is C17H22N2O2. The van der Waals surface area contributed by atoms with Gasteiger partial charge in [0.1, 0.15) is 0 Å². The first kappa shape index (κ1) is 15.4. The lowest BCUT2D eigenvalue weighted by Crippen LogP contribution is -2.33. The Hall–Kier alpha value is -1.94. The van der Waals surface area contributed by atoms with Crippen molar-refractivity contribution >= 4 is 0 Å². The fourth-order valence-corrected chi connectivity index (χ4v) is 2.25. The normalized spacial score (nSPS) is 11.7. The predicted octanol–water partition coefficient (Wildman–Crippen LogP) is 2.72. The van der Waals surface area contributed by atoms with Gasteiger partial charge in [0, 0.05) is 12.1 Å². The van der Waals surface area contributed by atoms with Crippen molar-refractivity contribution in [3.05, 3.63) is 51.8 Å². The van der Waals surface area contributed by atoms with Crippen molar-refractivity contribution in [2.24, 2.45) is 0 Å². The molecule has 112 valence electrons. The van der Waals surface area contributed by atoms with E-state index in [1.807, 2.05) is 19.1 Å². The molecule has 0 saturated carbocycles.